The minimum Gasteiger partial charge on any atom is -0.269 e. The van der Waals surface area contributed by atoms with Gasteiger partial charge < -0.3 is 0 Å². The molecule has 0 radical (unpaired) electrons. The van der Waals surface area contributed by atoms with Crippen LogP contribution in [-0.4, -0.2) is 23.6 Å². The average molecular weight is 428 g/mol. The second-order valence-electron chi connectivity index (χ2n) is 7.96. The van der Waals surface area contributed by atoms with E-state index in [4.69, 9.17) is 0 Å². The largest absolute Gasteiger partial charge is 0.269 e. The predicted molar refractivity (Wildman–Crippen MR) is 122 cm³/mol. The van der Waals surface area contributed by atoms with E-state index in [2.05, 4.69) is 0 Å². The molecule has 2 aromatic rings. The first-order valence-corrected chi connectivity index (χ1v) is 10.7. The van der Waals surface area contributed by atoms with Crippen LogP contribution in [0.2, 0.25) is 0 Å². The van der Waals surface area contributed by atoms with Crippen molar-refractivity contribution in [1.29, 1.82) is 0 Å². The molecule has 0 N–H and O–H groups in total. The van der Waals surface area contributed by atoms with Gasteiger partial charge in [0.2, 0.25) is 0 Å². The van der Waals surface area contributed by atoms with Crippen molar-refractivity contribution in [3.8, 4) is 0 Å². The molecule has 6 heteroatoms. The lowest BCUT2D eigenvalue weighted by Gasteiger charge is -2.22. The lowest BCUT2D eigenvalue weighted by Crippen LogP contribution is -2.31. The van der Waals surface area contributed by atoms with E-state index in [0.29, 0.717) is 30.6 Å². The van der Waals surface area contributed by atoms with Crippen LogP contribution in [0.15, 0.2) is 54.6 Å². The lowest BCUT2D eigenvalue weighted by atomic mass is 9.95. The minimum atomic E-state index is -0.322. The third-order valence-electron chi connectivity index (χ3n) is 5.84. The number of amides is 4. The Balaban J connectivity index is 1.65. The Bertz CT molecular complexity index is 1190. The van der Waals surface area contributed by atoms with Crippen molar-refractivity contribution in [2.75, 3.05) is 9.80 Å². The molecular weight excluding hydrogens is 404 g/mol. The highest BCUT2D eigenvalue weighted by molar-refractivity contribution is 6.29. The molecule has 2 aliphatic heterocycles. The number of carbonyl (C=O) groups excluding carboxylic acids is 4. The summed E-state index contributed by atoms with van der Waals surface area (Å²) in [6.45, 7) is 5.91. The molecule has 2 aliphatic rings. The zero-order valence-electron chi connectivity index (χ0n) is 18.3. The fraction of sp³-hybridized carbons (Fsp3) is 0.231. The van der Waals surface area contributed by atoms with Gasteiger partial charge in [0.05, 0.1) is 11.4 Å². The van der Waals surface area contributed by atoms with Gasteiger partial charge in [0, 0.05) is 24.3 Å². The van der Waals surface area contributed by atoms with Gasteiger partial charge in [0.25, 0.3) is 23.6 Å². The predicted octanol–water partition coefficient (Wildman–Crippen LogP) is 3.57. The summed E-state index contributed by atoms with van der Waals surface area (Å²) < 4.78 is 0. The van der Waals surface area contributed by atoms with E-state index in [1.807, 2.05) is 51.1 Å². The number of benzene rings is 2. The number of nitrogens with zero attached hydrogens (tertiary/aromatic N) is 2. The molecule has 0 fully saturated rings. The first-order chi connectivity index (χ1) is 15.3. The van der Waals surface area contributed by atoms with E-state index in [1.165, 1.54) is 34.1 Å². The Morgan fingerprint density at radius 3 is 1.75 bits per heavy atom. The Hall–Kier alpha value is -3.80. The summed E-state index contributed by atoms with van der Waals surface area (Å²) >= 11 is 0. The number of hydrogen-bond acceptors (Lipinski definition) is 4. The molecule has 4 amide bonds. The SMILES string of the molecule is CCc1cc(Cc2cc(C)c(N3C(=O)C=CC3=O)c(CC)c2)ccc1N1C(=O)C=CC1=O. The van der Waals surface area contributed by atoms with Gasteiger partial charge in [-0.1, -0.05) is 38.1 Å². The molecule has 0 aromatic heterocycles. The van der Waals surface area contributed by atoms with Gasteiger partial charge >= 0.3 is 0 Å². The van der Waals surface area contributed by atoms with Crippen LogP contribution in [0.3, 0.4) is 0 Å². The monoisotopic (exact) mass is 428 g/mol. The quantitative estimate of drug-likeness (QED) is 0.660. The van der Waals surface area contributed by atoms with E-state index in [0.717, 1.165) is 27.8 Å². The van der Waals surface area contributed by atoms with Crippen LogP contribution in [-0.2, 0) is 38.4 Å². The number of aryl methyl sites for hydroxylation is 3. The maximum absolute atomic E-state index is 12.2. The minimum absolute atomic E-state index is 0.316. The van der Waals surface area contributed by atoms with Crippen molar-refractivity contribution in [2.24, 2.45) is 0 Å². The summed E-state index contributed by atoms with van der Waals surface area (Å²) in [7, 11) is 0. The average Bonchev–Trinajstić information content (AvgIpc) is 3.28. The van der Waals surface area contributed by atoms with Gasteiger partial charge in [0.15, 0.2) is 0 Å². The number of carbonyl (C=O) groups is 4. The Morgan fingerprint density at radius 2 is 1.19 bits per heavy atom. The van der Waals surface area contributed by atoms with Gasteiger partial charge in [-0.15, -0.1) is 0 Å². The molecule has 0 saturated heterocycles. The van der Waals surface area contributed by atoms with Crippen molar-refractivity contribution in [3.63, 3.8) is 0 Å². The van der Waals surface area contributed by atoms with Crippen LogP contribution in [0.1, 0.15) is 41.7 Å². The fourth-order valence-corrected chi connectivity index (χ4v) is 4.37. The highest BCUT2D eigenvalue weighted by atomic mass is 16.2. The Kier molecular flexibility index (Phi) is 5.61. The molecule has 0 unspecified atom stereocenters. The summed E-state index contributed by atoms with van der Waals surface area (Å²) in [5.74, 6) is -1.28. The smallest absolute Gasteiger partial charge is 0.258 e. The number of hydrogen-bond donors (Lipinski definition) is 0. The van der Waals surface area contributed by atoms with E-state index >= 15 is 0 Å². The third-order valence-corrected chi connectivity index (χ3v) is 5.84. The van der Waals surface area contributed by atoms with Crippen LogP contribution < -0.4 is 9.80 Å². The summed E-state index contributed by atoms with van der Waals surface area (Å²) in [6, 6.07) is 9.83. The highest BCUT2D eigenvalue weighted by Crippen LogP contribution is 2.32. The third kappa shape index (κ3) is 3.68. The fourth-order valence-electron chi connectivity index (χ4n) is 4.37. The lowest BCUT2D eigenvalue weighted by molar-refractivity contribution is -0.121. The first-order valence-electron chi connectivity index (χ1n) is 10.7. The Labute approximate surface area is 186 Å². The zero-order chi connectivity index (χ0) is 23.0. The Morgan fingerprint density at radius 1 is 0.656 bits per heavy atom. The summed E-state index contributed by atoms with van der Waals surface area (Å²) in [6.07, 6.45) is 7.21. The normalized spacial score (nSPS) is 15.6. The second-order valence-corrected chi connectivity index (χ2v) is 7.96. The molecule has 4 rings (SSSR count). The van der Waals surface area contributed by atoms with Crippen LogP contribution >= 0.6 is 0 Å². The van der Waals surface area contributed by atoms with Crippen molar-refractivity contribution < 1.29 is 19.2 Å². The summed E-state index contributed by atoms with van der Waals surface area (Å²) in [5, 5.41) is 0. The molecule has 2 heterocycles. The van der Waals surface area contributed by atoms with Gasteiger partial charge in [-0.25, -0.2) is 9.80 Å². The van der Waals surface area contributed by atoms with E-state index in [9.17, 15) is 19.2 Å². The molecule has 162 valence electrons. The van der Waals surface area contributed by atoms with Gasteiger partial charge in [0.1, 0.15) is 0 Å². The van der Waals surface area contributed by atoms with E-state index in [1.54, 1.807) is 0 Å². The maximum Gasteiger partial charge on any atom is 0.258 e. The van der Waals surface area contributed by atoms with Crippen molar-refractivity contribution in [3.05, 3.63) is 82.5 Å². The van der Waals surface area contributed by atoms with Gasteiger partial charge in [-0.05, 0) is 60.1 Å². The van der Waals surface area contributed by atoms with Gasteiger partial charge in [-0.2, -0.15) is 0 Å². The molecule has 2 aromatic carbocycles. The summed E-state index contributed by atoms with van der Waals surface area (Å²) in [5.41, 5.74) is 6.15. The second kappa shape index (κ2) is 8.38. The zero-order valence-corrected chi connectivity index (χ0v) is 18.3. The molecule has 0 spiro atoms. The topological polar surface area (TPSA) is 74.8 Å². The molecular formula is C26H24N2O4. The van der Waals surface area contributed by atoms with Crippen LogP contribution in [0.4, 0.5) is 11.4 Å². The van der Waals surface area contributed by atoms with Crippen molar-refractivity contribution in [1.82, 2.24) is 0 Å². The van der Waals surface area contributed by atoms with Crippen molar-refractivity contribution in [2.45, 2.75) is 40.0 Å². The van der Waals surface area contributed by atoms with Crippen LogP contribution in [0, 0.1) is 6.92 Å². The van der Waals surface area contributed by atoms with Gasteiger partial charge in [-0.3, -0.25) is 19.2 Å². The van der Waals surface area contributed by atoms with Crippen LogP contribution in [0.5, 0.6) is 0 Å². The molecule has 32 heavy (non-hydrogen) atoms. The number of imide groups is 2. The first kappa shape index (κ1) is 21.4. The molecule has 6 nitrogen and oxygen atoms in total. The maximum atomic E-state index is 12.2. The van der Waals surface area contributed by atoms with Crippen LogP contribution in [0.25, 0.3) is 0 Å². The molecule has 0 atom stereocenters. The molecule has 0 bridgehead atoms. The van der Waals surface area contributed by atoms with E-state index < -0.39 is 0 Å². The van der Waals surface area contributed by atoms with E-state index in [-0.39, 0.29) is 23.6 Å². The number of rotatable bonds is 6. The number of anilines is 2. The molecule has 0 aliphatic carbocycles. The standard InChI is InChI=1S/C26H24N2O4/c1-4-19-14-17(6-7-21(19)27-22(29)8-9-23(27)30)13-18-12-16(3)26(20(5-2)15-18)28-24(31)10-11-25(28)32/h6-12,14-15H,4-5,13H2,1-3H3. The van der Waals surface area contributed by atoms with Crippen molar-refractivity contribution >= 4 is 35.0 Å². The summed E-state index contributed by atoms with van der Waals surface area (Å²) in [4.78, 5) is 51.0. The molecule has 0 saturated carbocycles. The highest BCUT2D eigenvalue weighted by Gasteiger charge is 2.29.